The van der Waals surface area contributed by atoms with Crippen molar-refractivity contribution in [2.75, 3.05) is 13.6 Å². The number of likely N-dealkylation sites (tertiary alicyclic amines) is 1. The zero-order valence-electron chi connectivity index (χ0n) is 13.4. The van der Waals surface area contributed by atoms with E-state index in [1.54, 1.807) is 0 Å². The van der Waals surface area contributed by atoms with Gasteiger partial charge in [0.2, 0.25) is 0 Å². The molecule has 5 nitrogen and oxygen atoms in total. The summed E-state index contributed by atoms with van der Waals surface area (Å²) in [4.78, 5) is 6.98. The molecule has 0 aliphatic carbocycles. The van der Waals surface area contributed by atoms with Crippen molar-refractivity contribution in [1.82, 2.24) is 25.0 Å². The van der Waals surface area contributed by atoms with Gasteiger partial charge in [-0.25, -0.2) is 4.98 Å². The Labute approximate surface area is 126 Å². The van der Waals surface area contributed by atoms with E-state index in [9.17, 15) is 0 Å². The fourth-order valence-electron chi connectivity index (χ4n) is 3.18. The van der Waals surface area contributed by atoms with E-state index < -0.39 is 0 Å². The molecule has 2 aromatic rings. The Morgan fingerprint density at radius 2 is 2.19 bits per heavy atom. The molecule has 1 N–H and O–H groups in total. The normalized spacial score (nSPS) is 23.8. The van der Waals surface area contributed by atoms with Crippen molar-refractivity contribution in [2.45, 2.75) is 45.3 Å². The van der Waals surface area contributed by atoms with Crippen LogP contribution in [-0.2, 0) is 13.6 Å². The number of hydrogen-bond donors (Lipinski definition) is 1. The number of fused-ring (bicyclic) bond motifs is 1. The summed E-state index contributed by atoms with van der Waals surface area (Å²) in [7, 11) is 4.16. The molecule has 2 atom stereocenters. The Bertz CT molecular complexity index is 633. The number of nitrogens with one attached hydrogen (secondary N) is 1. The highest BCUT2D eigenvalue weighted by Crippen LogP contribution is 2.18. The first-order chi connectivity index (χ1) is 10.0. The summed E-state index contributed by atoms with van der Waals surface area (Å²) in [5, 5.41) is 9.27. The van der Waals surface area contributed by atoms with E-state index in [0.717, 1.165) is 23.3 Å². The average molecular weight is 287 g/mol. The van der Waals surface area contributed by atoms with Gasteiger partial charge in [-0.05, 0) is 51.9 Å². The van der Waals surface area contributed by atoms with E-state index in [2.05, 4.69) is 40.3 Å². The lowest BCUT2D eigenvalue weighted by Gasteiger charge is -2.35. The molecule has 1 fully saturated rings. The van der Waals surface area contributed by atoms with Gasteiger partial charge < -0.3 is 10.2 Å². The van der Waals surface area contributed by atoms with Crippen LogP contribution in [0.2, 0.25) is 0 Å². The van der Waals surface area contributed by atoms with Crippen LogP contribution >= 0.6 is 0 Å². The molecule has 0 radical (unpaired) electrons. The van der Waals surface area contributed by atoms with Gasteiger partial charge >= 0.3 is 0 Å². The first-order valence-corrected chi connectivity index (χ1v) is 7.76. The molecule has 3 rings (SSSR count). The first-order valence-electron chi connectivity index (χ1n) is 7.76. The maximum absolute atomic E-state index is 4.54. The fourth-order valence-corrected chi connectivity index (χ4v) is 3.18. The third-order valence-electron chi connectivity index (χ3n) is 4.72. The Morgan fingerprint density at radius 3 is 2.95 bits per heavy atom. The maximum Gasteiger partial charge on any atom is 0.157 e. The summed E-state index contributed by atoms with van der Waals surface area (Å²) in [6.45, 7) is 6.41. The maximum atomic E-state index is 4.54. The predicted octanol–water partition coefficient (Wildman–Crippen LogP) is 1.85. The lowest BCUT2D eigenvalue weighted by molar-refractivity contribution is 0.168. The Hall–Kier alpha value is -1.46. The molecule has 1 aliphatic rings. The number of piperidine rings is 1. The zero-order chi connectivity index (χ0) is 15.0. The van der Waals surface area contributed by atoms with E-state index in [0.29, 0.717) is 12.1 Å². The van der Waals surface area contributed by atoms with Crippen LogP contribution in [0, 0.1) is 6.92 Å². The molecule has 0 saturated carbocycles. The van der Waals surface area contributed by atoms with Crippen LogP contribution in [0.3, 0.4) is 0 Å². The second-order valence-corrected chi connectivity index (χ2v) is 6.36. The summed E-state index contributed by atoms with van der Waals surface area (Å²) in [6, 6.07) is 3.50. The largest absolute Gasteiger partial charge is 0.310 e. The summed E-state index contributed by atoms with van der Waals surface area (Å²) in [5.41, 5.74) is 3.25. The van der Waals surface area contributed by atoms with Crippen LogP contribution in [0.15, 0.2) is 12.3 Å². The molecule has 1 aliphatic heterocycles. The van der Waals surface area contributed by atoms with Gasteiger partial charge in [0.15, 0.2) is 5.65 Å². The molecule has 0 bridgehead atoms. The molecule has 3 heterocycles. The lowest BCUT2D eigenvalue weighted by atomic mass is 9.99. The molecular formula is C16H25N5. The van der Waals surface area contributed by atoms with Crippen LogP contribution in [-0.4, -0.2) is 45.3 Å². The topological polar surface area (TPSA) is 46.0 Å². The number of pyridine rings is 1. The first kappa shape index (κ1) is 14.5. The molecule has 21 heavy (non-hydrogen) atoms. The van der Waals surface area contributed by atoms with Gasteiger partial charge in [-0.1, -0.05) is 0 Å². The molecule has 2 aromatic heterocycles. The van der Waals surface area contributed by atoms with Crippen molar-refractivity contribution < 1.29 is 0 Å². The van der Waals surface area contributed by atoms with Gasteiger partial charge in [0.1, 0.15) is 0 Å². The molecule has 0 amide bonds. The Balaban J connectivity index is 1.67. The number of nitrogens with zero attached hydrogens (tertiary/aromatic N) is 4. The minimum Gasteiger partial charge on any atom is -0.310 e. The highest BCUT2D eigenvalue weighted by Gasteiger charge is 2.22. The average Bonchev–Trinajstić information content (AvgIpc) is 2.75. The molecule has 2 unspecified atom stereocenters. The van der Waals surface area contributed by atoms with E-state index in [4.69, 9.17) is 0 Å². The minimum absolute atomic E-state index is 0.613. The van der Waals surface area contributed by atoms with Crippen LogP contribution in [0.4, 0.5) is 0 Å². The summed E-state index contributed by atoms with van der Waals surface area (Å²) in [6.07, 6.45) is 4.41. The number of hydrogen-bond acceptors (Lipinski definition) is 4. The number of aromatic nitrogens is 3. The highest BCUT2D eigenvalue weighted by molar-refractivity contribution is 5.78. The SMILES string of the molecule is Cc1nn(C)c2ncc(CNC3CCN(C)C(C)C3)cc12. The van der Waals surface area contributed by atoms with E-state index in [-0.39, 0.29) is 0 Å². The third-order valence-corrected chi connectivity index (χ3v) is 4.72. The van der Waals surface area contributed by atoms with Crippen LogP contribution in [0.25, 0.3) is 11.0 Å². The van der Waals surface area contributed by atoms with Crippen molar-refractivity contribution in [3.05, 3.63) is 23.5 Å². The van der Waals surface area contributed by atoms with Crippen LogP contribution in [0.5, 0.6) is 0 Å². The second-order valence-electron chi connectivity index (χ2n) is 6.36. The third kappa shape index (κ3) is 2.94. The molecule has 5 heteroatoms. The van der Waals surface area contributed by atoms with Gasteiger partial charge in [0.25, 0.3) is 0 Å². The van der Waals surface area contributed by atoms with E-state index in [1.165, 1.54) is 24.9 Å². The number of rotatable bonds is 3. The van der Waals surface area contributed by atoms with E-state index >= 15 is 0 Å². The van der Waals surface area contributed by atoms with Crippen molar-refractivity contribution in [3.63, 3.8) is 0 Å². The summed E-state index contributed by atoms with van der Waals surface area (Å²) in [5.74, 6) is 0. The van der Waals surface area contributed by atoms with Crippen molar-refractivity contribution in [1.29, 1.82) is 0 Å². The van der Waals surface area contributed by atoms with Crippen LogP contribution in [0.1, 0.15) is 31.0 Å². The fraction of sp³-hybridized carbons (Fsp3) is 0.625. The van der Waals surface area contributed by atoms with Crippen molar-refractivity contribution in [2.24, 2.45) is 7.05 Å². The predicted molar refractivity (Wildman–Crippen MR) is 85.2 cm³/mol. The minimum atomic E-state index is 0.613. The highest BCUT2D eigenvalue weighted by atomic mass is 15.3. The Morgan fingerprint density at radius 1 is 1.38 bits per heavy atom. The second kappa shape index (κ2) is 5.73. The molecular weight excluding hydrogens is 262 g/mol. The smallest absolute Gasteiger partial charge is 0.157 e. The molecule has 0 spiro atoms. The van der Waals surface area contributed by atoms with Gasteiger partial charge in [-0.2, -0.15) is 5.10 Å². The quantitative estimate of drug-likeness (QED) is 0.936. The van der Waals surface area contributed by atoms with Crippen LogP contribution < -0.4 is 5.32 Å². The van der Waals surface area contributed by atoms with Crippen molar-refractivity contribution in [3.8, 4) is 0 Å². The zero-order valence-corrected chi connectivity index (χ0v) is 13.4. The van der Waals surface area contributed by atoms with Gasteiger partial charge in [0.05, 0.1) is 5.69 Å². The summed E-state index contributed by atoms with van der Waals surface area (Å²) >= 11 is 0. The van der Waals surface area contributed by atoms with Crippen molar-refractivity contribution >= 4 is 11.0 Å². The lowest BCUT2D eigenvalue weighted by Crippen LogP contribution is -2.45. The monoisotopic (exact) mass is 287 g/mol. The molecule has 114 valence electrons. The van der Waals surface area contributed by atoms with Gasteiger partial charge in [-0.3, -0.25) is 4.68 Å². The Kier molecular flexibility index (Phi) is 3.95. The van der Waals surface area contributed by atoms with Gasteiger partial charge in [-0.15, -0.1) is 0 Å². The molecule has 1 saturated heterocycles. The number of aryl methyl sites for hydroxylation is 2. The van der Waals surface area contributed by atoms with E-state index in [1.807, 2.05) is 24.9 Å². The molecule has 0 aromatic carbocycles. The summed E-state index contributed by atoms with van der Waals surface area (Å²) < 4.78 is 1.85. The standard InChI is InChI=1S/C16H25N5/c1-11-7-14(5-6-20(11)3)17-9-13-8-15-12(2)19-21(4)16(15)18-10-13/h8,10-11,14,17H,5-7,9H2,1-4H3. The van der Waals surface area contributed by atoms with Gasteiger partial charge in [0, 0.05) is 37.3 Å².